The second-order valence-corrected chi connectivity index (χ2v) is 4.57. The normalized spacial score (nSPS) is 10.0. The maximum Gasteiger partial charge on any atom is 0.174 e. The summed E-state index contributed by atoms with van der Waals surface area (Å²) in [5.41, 5.74) is 1.13. The number of rotatable bonds is 6. The maximum absolute atomic E-state index is 12.5. The minimum Gasteiger partial charge on any atom is -0.319 e. The summed E-state index contributed by atoms with van der Waals surface area (Å²) in [6.45, 7) is 0.335. The summed E-state index contributed by atoms with van der Waals surface area (Å²) in [6.07, 6.45) is 0. The molecule has 0 atom stereocenters. The molecule has 0 aliphatic rings. The molecule has 2 aromatic rings. The van der Waals surface area contributed by atoms with Crippen molar-refractivity contribution in [2.24, 2.45) is 5.92 Å². The zero-order valence-corrected chi connectivity index (χ0v) is 12.6. The molecule has 0 aliphatic heterocycles. The Kier molecular flexibility index (Phi) is 6.79. The Morgan fingerprint density at radius 3 is 1.57 bits per heavy atom. The van der Waals surface area contributed by atoms with Gasteiger partial charge in [0.15, 0.2) is 11.6 Å². The molecule has 0 radical (unpaired) electrons. The topological polar surface area (TPSA) is 46.2 Å². The van der Waals surface area contributed by atoms with Gasteiger partial charge in [-0.1, -0.05) is 60.7 Å². The van der Waals surface area contributed by atoms with E-state index in [2.05, 4.69) is 5.32 Å². The Balaban J connectivity index is 0.00000220. The first-order valence-electron chi connectivity index (χ1n) is 6.57. The van der Waals surface area contributed by atoms with E-state index in [4.69, 9.17) is 0 Å². The lowest BCUT2D eigenvalue weighted by molar-refractivity contribution is 0.0808. The predicted molar refractivity (Wildman–Crippen MR) is 86.2 cm³/mol. The van der Waals surface area contributed by atoms with E-state index >= 15 is 0 Å². The van der Waals surface area contributed by atoms with E-state index in [0.717, 1.165) is 0 Å². The Morgan fingerprint density at radius 1 is 0.857 bits per heavy atom. The van der Waals surface area contributed by atoms with Crippen LogP contribution in [0.15, 0.2) is 60.7 Å². The highest BCUT2D eigenvalue weighted by atomic mass is 35.5. The van der Waals surface area contributed by atoms with Gasteiger partial charge in [-0.25, -0.2) is 0 Å². The largest absolute Gasteiger partial charge is 0.319 e. The Bertz CT molecular complexity index is 533. The van der Waals surface area contributed by atoms with Crippen molar-refractivity contribution < 1.29 is 9.59 Å². The third kappa shape index (κ3) is 4.25. The molecule has 0 aromatic heterocycles. The number of halogens is 1. The van der Waals surface area contributed by atoms with E-state index < -0.39 is 5.92 Å². The van der Waals surface area contributed by atoms with Gasteiger partial charge in [0.2, 0.25) is 0 Å². The third-order valence-electron chi connectivity index (χ3n) is 3.16. The van der Waals surface area contributed by atoms with Gasteiger partial charge in [0.1, 0.15) is 0 Å². The van der Waals surface area contributed by atoms with Gasteiger partial charge >= 0.3 is 0 Å². The minimum atomic E-state index is -0.690. The first kappa shape index (κ1) is 17.1. The van der Waals surface area contributed by atoms with Crippen LogP contribution >= 0.6 is 12.4 Å². The molecule has 2 aromatic carbocycles. The Labute approximate surface area is 130 Å². The smallest absolute Gasteiger partial charge is 0.174 e. The first-order valence-corrected chi connectivity index (χ1v) is 6.57. The molecular weight excluding hydrogens is 286 g/mol. The molecule has 110 valence electrons. The predicted octanol–water partition coefficient (Wildman–Crippen LogP) is 3.01. The van der Waals surface area contributed by atoms with Crippen LogP contribution in [-0.2, 0) is 0 Å². The molecule has 0 unspecified atom stereocenters. The van der Waals surface area contributed by atoms with Crippen molar-refractivity contribution in [3.63, 3.8) is 0 Å². The van der Waals surface area contributed by atoms with Crippen LogP contribution in [0.25, 0.3) is 0 Å². The van der Waals surface area contributed by atoms with Crippen molar-refractivity contribution in [1.29, 1.82) is 0 Å². The zero-order valence-electron chi connectivity index (χ0n) is 11.8. The number of ketones is 2. The van der Waals surface area contributed by atoms with Crippen molar-refractivity contribution in [3.8, 4) is 0 Å². The van der Waals surface area contributed by atoms with E-state index in [1.807, 2.05) is 12.1 Å². The van der Waals surface area contributed by atoms with E-state index in [0.29, 0.717) is 17.7 Å². The van der Waals surface area contributed by atoms with Crippen molar-refractivity contribution in [2.75, 3.05) is 13.6 Å². The van der Waals surface area contributed by atoms with Crippen molar-refractivity contribution in [1.82, 2.24) is 5.32 Å². The Hall–Kier alpha value is -1.97. The molecule has 3 nitrogen and oxygen atoms in total. The zero-order chi connectivity index (χ0) is 14.4. The highest BCUT2D eigenvalue weighted by molar-refractivity contribution is 6.16. The molecule has 1 N–H and O–H groups in total. The summed E-state index contributed by atoms with van der Waals surface area (Å²) in [5.74, 6) is -0.979. The van der Waals surface area contributed by atoms with E-state index in [1.165, 1.54) is 0 Å². The number of Topliss-reactive ketones (excluding diaryl/α,β-unsaturated/α-hetero) is 2. The summed E-state index contributed by atoms with van der Waals surface area (Å²) in [7, 11) is 1.74. The van der Waals surface area contributed by atoms with Crippen LogP contribution in [0.3, 0.4) is 0 Å². The second-order valence-electron chi connectivity index (χ2n) is 4.57. The van der Waals surface area contributed by atoms with Crippen molar-refractivity contribution in [3.05, 3.63) is 71.8 Å². The molecule has 21 heavy (non-hydrogen) atoms. The van der Waals surface area contributed by atoms with Gasteiger partial charge < -0.3 is 5.32 Å². The van der Waals surface area contributed by atoms with Crippen LogP contribution in [0.5, 0.6) is 0 Å². The van der Waals surface area contributed by atoms with Crippen LogP contribution in [0, 0.1) is 5.92 Å². The van der Waals surface area contributed by atoms with Gasteiger partial charge in [-0.15, -0.1) is 12.4 Å². The van der Waals surface area contributed by atoms with Gasteiger partial charge in [0.25, 0.3) is 0 Å². The SMILES string of the molecule is CNCC(C(=O)c1ccccc1)C(=O)c1ccccc1.Cl. The fourth-order valence-corrected chi connectivity index (χ4v) is 2.12. The second kappa shape index (κ2) is 8.35. The molecule has 0 fully saturated rings. The van der Waals surface area contributed by atoms with E-state index in [1.54, 1.807) is 55.6 Å². The van der Waals surface area contributed by atoms with Gasteiger partial charge in [-0.3, -0.25) is 9.59 Å². The lowest BCUT2D eigenvalue weighted by Crippen LogP contribution is -2.33. The number of carbonyl (C=O) groups is 2. The molecule has 0 saturated carbocycles. The fourth-order valence-electron chi connectivity index (χ4n) is 2.12. The van der Waals surface area contributed by atoms with E-state index in [9.17, 15) is 9.59 Å². The average Bonchev–Trinajstić information content (AvgIpc) is 2.53. The van der Waals surface area contributed by atoms with Gasteiger partial charge in [0.05, 0.1) is 5.92 Å². The molecule has 4 heteroatoms. The summed E-state index contributed by atoms with van der Waals surface area (Å²) in [5, 5.41) is 2.93. The molecular formula is C17H18ClNO2. The third-order valence-corrected chi connectivity index (χ3v) is 3.16. The quantitative estimate of drug-likeness (QED) is 0.659. The van der Waals surface area contributed by atoms with Crippen molar-refractivity contribution >= 4 is 24.0 Å². The van der Waals surface area contributed by atoms with Crippen LogP contribution in [0.2, 0.25) is 0 Å². The summed E-state index contributed by atoms with van der Waals surface area (Å²) >= 11 is 0. The van der Waals surface area contributed by atoms with Crippen LogP contribution in [0.1, 0.15) is 20.7 Å². The first-order chi connectivity index (χ1) is 9.74. The number of benzene rings is 2. The number of carbonyl (C=O) groups excluding carboxylic acids is 2. The van der Waals surface area contributed by atoms with E-state index in [-0.39, 0.29) is 24.0 Å². The molecule has 0 bridgehead atoms. The molecule has 0 spiro atoms. The number of hydrogen-bond donors (Lipinski definition) is 1. The molecule has 0 amide bonds. The molecule has 2 rings (SSSR count). The average molecular weight is 304 g/mol. The van der Waals surface area contributed by atoms with Crippen LogP contribution in [0.4, 0.5) is 0 Å². The lowest BCUT2D eigenvalue weighted by atomic mass is 9.90. The summed E-state index contributed by atoms with van der Waals surface area (Å²) in [6, 6.07) is 17.9. The summed E-state index contributed by atoms with van der Waals surface area (Å²) in [4.78, 5) is 25.0. The monoisotopic (exact) mass is 303 g/mol. The minimum absolute atomic E-state index is 0. The number of hydrogen-bond acceptors (Lipinski definition) is 3. The summed E-state index contributed by atoms with van der Waals surface area (Å²) < 4.78 is 0. The molecule has 0 saturated heterocycles. The van der Waals surface area contributed by atoms with Gasteiger partial charge in [0, 0.05) is 17.7 Å². The van der Waals surface area contributed by atoms with Gasteiger partial charge in [-0.05, 0) is 7.05 Å². The Morgan fingerprint density at radius 2 is 1.24 bits per heavy atom. The van der Waals surface area contributed by atoms with Crippen LogP contribution in [-0.4, -0.2) is 25.2 Å². The molecule has 0 heterocycles. The fraction of sp³-hybridized carbons (Fsp3) is 0.176. The lowest BCUT2D eigenvalue weighted by Gasteiger charge is -2.14. The maximum atomic E-state index is 12.5. The van der Waals surface area contributed by atoms with Crippen LogP contribution < -0.4 is 5.32 Å². The van der Waals surface area contributed by atoms with Crippen molar-refractivity contribution in [2.45, 2.75) is 0 Å². The highest BCUT2D eigenvalue weighted by Gasteiger charge is 2.27. The van der Waals surface area contributed by atoms with Gasteiger partial charge in [-0.2, -0.15) is 0 Å². The molecule has 0 aliphatic carbocycles. The number of nitrogens with one attached hydrogen (secondary N) is 1. The highest BCUT2D eigenvalue weighted by Crippen LogP contribution is 2.14. The standard InChI is InChI=1S/C17H17NO2.ClH/c1-18-12-15(16(19)13-8-4-2-5-9-13)17(20)14-10-6-3-7-11-14;/h2-11,15,18H,12H2,1H3;1H.